The summed E-state index contributed by atoms with van der Waals surface area (Å²) in [5.41, 5.74) is -0.0531. The number of halogens is 3. The van der Waals surface area contributed by atoms with Crippen LogP contribution in [0.5, 0.6) is 0 Å². The van der Waals surface area contributed by atoms with E-state index in [0.717, 1.165) is 12.8 Å². The van der Waals surface area contributed by atoms with Crippen LogP contribution in [-0.2, 0) is 9.53 Å². The van der Waals surface area contributed by atoms with Crippen molar-refractivity contribution in [1.82, 2.24) is 0 Å². The number of hydrogen-bond acceptors (Lipinski definition) is 3. The molecule has 0 radical (unpaired) electrons. The Labute approximate surface area is 130 Å². The average Bonchev–Trinajstić information content (AvgIpc) is 3.00. The molecule has 1 atom stereocenters. The van der Waals surface area contributed by atoms with E-state index in [0.29, 0.717) is 17.9 Å². The van der Waals surface area contributed by atoms with Crippen LogP contribution in [0.3, 0.4) is 0 Å². The highest BCUT2D eigenvalue weighted by molar-refractivity contribution is 5.97. The van der Waals surface area contributed by atoms with Crippen molar-refractivity contribution in [2.24, 2.45) is 0 Å². The number of anilines is 1. The molecule has 1 heterocycles. The highest BCUT2D eigenvalue weighted by Crippen LogP contribution is 2.26. The number of carboxylic acid groups (broad SMARTS) is 1. The largest absolute Gasteiger partial charge is 0.478 e. The molecule has 1 aliphatic rings. The molecule has 23 heavy (non-hydrogen) atoms. The molecular formula is C15H16F3NO4. The average molecular weight is 331 g/mol. The standard InChI is InChI=1S/C15H16F3NO4/c16-15(17,18)14(22)19(8-7-12-2-1-9-23-12)11-5-3-10(4-6-11)13(20)21/h3-6,12H,1-2,7-9H2,(H,20,21). The number of hydrogen-bond donors (Lipinski definition) is 1. The number of rotatable bonds is 5. The van der Waals surface area contributed by atoms with Crippen molar-refractivity contribution in [2.45, 2.75) is 31.5 Å². The quantitative estimate of drug-likeness (QED) is 0.901. The number of ether oxygens (including phenoxy) is 1. The fourth-order valence-electron chi connectivity index (χ4n) is 2.43. The van der Waals surface area contributed by atoms with E-state index < -0.39 is 18.1 Å². The molecule has 1 unspecified atom stereocenters. The number of carbonyl (C=O) groups is 2. The van der Waals surface area contributed by atoms with E-state index in [2.05, 4.69) is 0 Å². The Morgan fingerprint density at radius 3 is 2.39 bits per heavy atom. The van der Waals surface area contributed by atoms with Gasteiger partial charge in [-0.2, -0.15) is 13.2 Å². The fourth-order valence-corrected chi connectivity index (χ4v) is 2.43. The molecule has 1 aliphatic heterocycles. The third-order valence-electron chi connectivity index (χ3n) is 3.61. The van der Waals surface area contributed by atoms with E-state index in [-0.39, 0.29) is 23.9 Å². The fraction of sp³-hybridized carbons (Fsp3) is 0.467. The van der Waals surface area contributed by atoms with Crippen molar-refractivity contribution < 1.29 is 32.6 Å². The van der Waals surface area contributed by atoms with E-state index in [9.17, 15) is 22.8 Å². The molecule has 0 aliphatic carbocycles. The van der Waals surface area contributed by atoms with Gasteiger partial charge in [0.2, 0.25) is 0 Å². The first kappa shape index (κ1) is 17.3. The van der Waals surface area contributed by atoms with Gasteiger partial charge in [0.1, 0.15) is 0 Å². The first-order valence-corrected chi connectivity index (χ1v) is 7.12. The zero-order chi connectivity index (χ0) is 17.0. The topological polar surface area (TPSA) is 66.8 Å². The van der Waals surface area contributed by atoms with Crippen molar-refractivity contribution in [3.63, 3.8) is 0 Å². The molecule has 0 bridgehead atoms. The van der Waals surface area contributed by atoms with Gasteiger partial charge in [0.25, 0.3) is 0 Å². The summed E-state index contributed by atoms with van der Waals surface area (Å²) in [7, 11) is 0. The zero-order valence-electron chi connectivity index (χ0n) is 12.2. The molecule has 126 valence electrons. The molecular weight excluding hydrogens is 315 g/mol. The van der Waals surface area contributed by atoms with Gasteiger partial charge in [-0.1, -0.05) is 0 Å². The summed E-state index contributed by atoms with van der Waals surface area (Å²) in [6.45, 7) is 0.431. The summed E-state index contributed by atoms with van der Waals surface area (Å²) in [6.07, 6.45) is -3.25. The van der Waals surface area contributed by atoms with Gasteiger partial charge >= 0.3 is 18.1 Å². The minimum absolute atomic E-state index is 0.00956. The Bertz CT molecular complexity index is 565. The Morgan fingerprint density at radius 1 is 1.26 bits per heavy atom. The van der Waals surface area contributed by atoms with Crippen LogP contribution in [0.1, 0.15) is 29.6 Å². The Hall–Kier alpha value is -2.09. The maximum absolute atomic E-state index is 12.8. The van der Waals surface area contributed by atoms with Gasteiger partial charge in [0.05, 0.1) is 11.7 Å². The molecule has 0 spiro atoms. The minimum Gasteiger partial charge on any atom is -0.478 e. The van der Waals surface area contributed by atoms with Gasteiger partial charge in [0, 0.05) is 18.8 Å². The molecule has 2 rings (SSSR count). The summed E-state index contributed by atoms with van der Waals surface area (Å²) in [4.78, 5) is 23.0. The number of amides is 1. The predicted octanol–water partition coefficient (Wildman–Crippen LogP) is 2.85. The second-order valence-electron chi connectivity index (χ2n) is 5.23. The van der Waals surface area contributed by atoms with Crippen molar-refractivity contribution >= 4 is 17.6 Å². The van der Waals surface area contributed by atoms with E-state index in [1.807, 2.05) is 0 Å². The molecule has 8 heteroatoms. The Balaban J connectivity index is 2.17. The summed E-state index contributed by atoms with van der Waals surface area (Å²) < 4.78 is 43.7. The lowest BCUT2D eigenvalue weighted by atomic mass is 10.1. The van der Waals surface area contributed by atoms with E-state index in [4.69, 9.17) is 9.84 Å². The van der Waals surface area contributed by atoms with Crippen LogP contribution in [0.25, 0.3) is 0 Å². The summed E-state index contributed by atoms with van der Waals surface area (Å²) in [5, 5.41) is 8.82. The van der Waals surface area contributed by atoms with Gasteiger partial charge in [-0.3, -0.25) is 4.79 Å². The van der Waals surface area contributed by atoms with Crippen LogP contribution < -0.4 is 4.90 Å². The first-order valence-electron chi connectivity index (χ1n) is 7.12. The van der Waals surface area contributed by atoms with E-state index in [1.54, 1.807) is 0 Å². The lowest BCUT2D eigenvalue weighted by molar-refractivity contribution is -0.170. The second-order valence-corrected chi connectivity index (χ2v) is 5.23. The maximum Gasteiger partial charge on any atom is 0.471 e. The van der Waals surface area contributed by atoms with E-state index >= 15 is 0 Å². The van der Waals surface area contributed by atoms with Crippen molar-refractivity contribution in [3.05, 3.63) is 29.8 Å². The molecule has 5 nitrogen and oxygen atoms in total. The molecule has 0 aromatic heterocycles. The van der Waals surface area contributed by atoms with Gasteiger partial charge < -0.3 is 14.7 Å². The summed E-state index contributed by atoms with van der Waals surface area (Å²) in [5.74, 6) is -3.16. The zero-order valence-corrected chi connectivity index (χ0v) is 12.2. The van der Waals surface area contributed by atoms with Gasteiger partial charge in [-0.15, -0.1) is 0 Å². The Kier molecular flexibility index (Phi) is 5.25. The van der Waals surface area contributed by atoms with Gasteiger partial charge in [-0.25, -0.2) is 4.79 Å². The van der Waals surface area contributed by atoms with Crippen LogP contribution in [-0.4, -0.2) is 42.4 Å². The highest BCUT2D eigenvalue weighted by atomic mass is 19.4. The van der Waals surface area contributed by atoms with Crippen LogP contribution in [0.15, 0.2) is 24.3 Å². The van der Waals surface area contributed by atoms with Gasteiger partial charge in [0.15, 0.2) is 0 Å². The number of carbonyl (C=O) groups excluding carboxylic acids is 1. The normalized spacial score (nSPS) is 18.0. The van der Waals surface area contributed by atoms with Crippen LogP contribution >= 0.6 is 0 Å². The van der Waals surface area contributed by atoms with Crippen molar-refractivity contribution in [2.75, 3.05) is 18.1 Å². The predicted molar refractivity (Wildman–Crippen MR) is 75.4 cm³/mol. The smallest absolute Gasteiger partial charge is 0.471 e. The third kappa shape index (κ3) is 4.44. The number of carboxylic acids is 1. The number of aromatic carboxylic acids is 1. The summed E-state index contributed by atoms with van der Waals surface area (Å²) in [6, 6.07) is 4.73. The number of benzene rings is 1. The number of nitrogens with zero attached hydrogens (tertiary/aromatic N) is 1. The molecule has 1 aromatic rings. The van der Waals surface area contributed by atoms with Gasteiger partial charge in [-0.05, 0) is 43.5 Å². The lowest BCUT2D eigenvalue weighted by Gasteiger charge is -2.25. The molecule has 1 fully saturated rings. The van der Waals surface area contributed by atoms with Crippen molar-refractivity contribution in [3.8, 4) is 0 Å². The second kappa shape index (κ2) is 6.99. The highest BCUT2D eigenvalue weighted by Gasteiger charge is 2.43. The minimum atomic E-state index is -5.00. The Morgan fingerprint density at radius 2 is 1.91 bits per heavy atom. The SMILES string of the molecule is O=C(O)c1ccc(N(CCC2CCCO2)C(=O)C(F)(F)F)cc1. The third-order valence-corrected chi connectivity index (χ3v) is 3.61. The van der Waals surface area contributed by atoms with Crippen LogP contribution in [0.4, 0.5) is 18.9 Å². The van der Waals surface area contributed by atoms with Crippen LogP contribution in [0.2, 0.25) is 0 Å². The van der Waals surface area contributed by atoms with E-state index in [1.165, 1.54) is 24.3 Å². The molecule has 1 amide bonds. The molecule has 1 aromatic carbocycles. The monoisotopic (exact) mass is 331 g/mol. The molecule has 1 saturated heterocycles. The molecule has 0 saturated carbocycles. The lowest BCUT2D eigenvalue weighted by Crippen LogP contribution is -2.42. The first-order chi connectivity index (χ1) is 10.8. The summed E-state index contributed by atoms with van der Waals surface area (Å²) >= 11 is 0. The maximum atomic E-state index is 12.8. The molecule has 1 N–H and O–H groups in total. The van der Waals surface area contributed by atoms with Crippen molar-refractivity contribution in [1.29, 1.82) is 0 Å². The number of alkyl halides is 3. The van der Waals surface area contributed by atoms with Crippen LogP contribution in [0, 0.1) is 0 Å².